The molecule has 0 aliphatic rings. The zero-order chi connectivity index (χ0) is 15.7. The van der Waals surface area contributed by atoms with Crippen LogP contribution in [0.4, 0.5) is 4.39 Å². The summed E-state index contributed by atoms with van der Waals surface area (Å²) >= 11 is 0. The minimum Gasteiger partial charge on any atom is -0.491 e. The summed E-state index contributed by atoms with van der Waals surface area (Å²) in [6, 6.07) is 5.94. The molecule has 126 valence electrons. The fourth-order valence-electron chi connectivity index (χ4n) is 1.57. The number of aliphatic hydroxyl groups is 1. The van der Waals surface area contributed by atoms with E-state index in [1.807, 2.05) is 20.8 Å². The van der Waals surface area contributed by atoms with Gasteiger partial charge in [0.05, 0.1) is 6.54 Å². The summed E-state index contributed by atoms with van der Waals surface area (Å²) in [6.07, 6.45) is -0.724. The Kier molecular flexibility index (Phi) is 10.9. The Morgan fingerprint density at radius 3 is 2.50 bits per heavy atom. The monoisotopic (exact) mass is 425 g/mol. The zero-order valence-electron chi connectivity index (χ0n) is 13.2. The molecule has 22 heavy (non-hydrogen) atoms. The molecule has 0 radical (unpaired) electrons. The third kappa shape index (κ3) is 9.04. The van der Waals surface area contributed by atoms with Gasteiger partial charge in [0.15, 0.2) is 5.96 Å². The van der Waals surface area contributed by atoms with E-state index < -0.39 is 6.10 Å². The Morgan fingerprint density at radius 1 is 1.32 bits per heavy atom. The lowest BCUT2D eigenvalue weighted by Gasteiger charge is -2.15. The molecule has 1 aromatic carbocycles. The summed E-state index contributed by atoms with van der Waals surface area (Å²) in [5.41, 5.74) is 0. The van der Waals surface area contributed by atoms with Crippen molar-refractivity contribution in [2.75, 3.05) is 19.7 Å². The molecular weight excluding hydrogens is 400 g/mol. The molecule has 0 spiro atoms. The van der Waals surface area contributed by atoms with E-state index in [-0.39, 0.29) is 49.0 Å². The van der Waals surface area contributed by atoms with Crippen LogP contribution in [0.2, 0.25) is 0 Å². The van der Waals surface area contributed by atoms with E-state index in [2.05, 4.69) is 15.6 Å². The van der Waals surface area contributed by atoms with Crippen LogP contribution in [0.3, 0.4) is 0 Å². The maximum atomic E-state index is 12.7. The molecule has 0 aliphatic heterocycles. The van der Waals surface area contributed by atoms with Crippen LogP contribution < -0.4 is 15.4 Å². The van der Waals surface area contributed by atoms with Gasteiger partial charge >= 0.3 is 0 Å². The maximum absolute atomic E-state index is 12.7. The second-order valence-corrected chi connectivity index (χ2v) is 4.94. The first-order chi connectivity index (χ1) is 10.0. The quantitative estimate of drug-likeness (QED) is 0.356. The van der Waals surface area contributed by atoms with Crippen LogP contribution in [0.15, 0.2) is 29.3 Å². The first-order valence-electron chi connectivity index (χ1n) is 7.12. The number of guanidine groups is 1. The lowest BCUT2D eigenvalue weighted by atomic mass is 10.3. The molecule has 0 bridgehead atoms. The summed E-state index contributed by atoms with van der Waals surface area (Å²) in [4.78, 5) is 4.28. The lowest BCUT2D eigenvalue weighted by molar-refractivity contribution is 0.114. The molecule has 1 unspecified atom stereocenters. The number of nitrogens with one attached hydrogen (secondary N) is 2. The Labute approximate surface area is 148 Å². The number of aliphatic imine (C=N–C) groups is 1. The molecule has 3 N–H and O–H groups in total. The third-order valence-corrected chi connectivity index (χ3v) is 2.49. The number of rotatable bonds is 7. The molecule has 0 saturated heterocycles. The number of ether oxygens (including phenoxy) is 1. The molecule has 0 heterocycles. The second kappa shape index (κ2) is 11.5. The van der Waals surface area contributed by atoms with Crippen LogP contribution in [-0.4, -0.2) is 42.9 Å². The molecule has 5 nitrogen and oxygen atoms in total. The minimum atomic E-state index is -0.724. The summed E-state index contributed by atoms with van der Waals surface area (Å²) in [7, 11) is 0. The van der Waals surface area contributed by atoms with E-state index in [9.17, 15) is 9.50 Å². The van der Waals surface area contributed by atoms with Gasteiger partial charge in [-0.1, -0.05) is 0 Å². The number of hydrogen-bond acceptors (Lipinski definition) is 3. The first-order valence-corrected chi connectivity index (χ1v) is 7.12. The van der Waals surface area contributed by atoms with E-state index in [1.165, 1.54) is 24.3 Å². The zero-order valence-corrected chi connectivity index (χ0v) is 15.5. The summed E-state index contributed by atoms with van der Waals surface area (Å²) in [6.45, 7) is 7.09. The van der Waals surface area contributed by atoms with Crippen molar-refractivity contribution in [2.45, 2.75) is 32.9 Å². The van der Waals surface area contributed by atoms with Crippen molar-refractivity contribution in [2.24, 2.45) is 4.99 Å². The molecule has 0 fully saturated rings. The summed E-state index contributed by atoms with van der Waals surface area (Å²) < 4.78 is 18.1. The highest BCUT2D eigenvalue weighted by Crippen LogP contribution is 2.11. The molecule has 0 aromatic heterocycles. The van der Waals surface area contributed by atoms with Crippen LogP contribution in [0.25, 0.3) is 0 Å². The average molecular weight is 425 g/mol. The number of benzene rings is 1. The smallest absolute Gasteiger partial charge is 0.191 e. The summed E-state index contributed by atoms with van der Waals surface area (Å²) in [5.74, 6) is 0.863. The maximum Gasteiger partial charge on any atom is 0.191 e. The SMILES string of the molecule is CCNC(=NCC(O)COc1ccc(F)cc1)NC(C)C.I. The van der Waals surface area contributed by atoms with Crippen molar-refractivity contribution >= 4 is 29.9 Å². The normalized spacial score (nSPS) is 12.5. The predicted molar refractivity (Wildman–Crippen MR) is 97.6 cm³/mol. The van der Waals surface area contributed by atoms with Gasteiger partial charge in [0.25, 0.3) is 0 Å². The molecule has 1 rings (SSSR count). The fourth-order valence-corrected chi connectivity index (χ4v) is 1.57. The fraction of sp³-hybridized carbons (Fsp3) is 0.533. The molecule has 0 amide bonds. The van der Waals surface area contributed by atoms with E-state index in [0.29, 0.717) is 11.7 Å². The van der Waals surface area contributed by atoms with Gasteiger partial charge in [0.1, 0.15) is 24.3 Å². The van der Waals surface area contributed by atoms with Crippen molar-refractivity contribution in [1.82, 2.24) is 10.6 Å². The molecule has 1 atom stereocenters. The number of hydrogen-bond donors (Lipinski definition) is 3. The van der Waals surface area contributed by atoms with Crippen molar-refractivity contribution in [3.8, 4) is 5.75 Å². The second-order valence-electron chi connectivity index (χ2n) is 4.94. The predicted octanol–water partition coefficient (Wildman–Crippen LogP) is 2.15. The first kappa shape index (κ1) is 20.9. The standard InChI is InChI=1S/C15H24FN3O2.HI/c1-4-17-15(19-11(2)3)18-9-13(20)10-21-14-7-5-12(16)6-8-14;/h5-8,11,13,20H,4,9-10H2,1-3H3,(H2,17,18,19);1H. The van der Waals surface area contributed by atoms with Gasteiger partial charge in [-0.05, 0) is 45.0 Å². The van der Waals surface area contributed by atoms with Gasteiger partial charge in [0.2, 0.25) is 0 Å². The van der Waals surface area contributed by atoms with Crippen molar-refractivity contribution < 1.29 is 14.2 Å². The van der Waals surface area contributed by atoms with Gasteiger partial charge < -0.3 is 20.5 Å². The molecule has 7 heteroatoms. The summed E-state index contributed by atoms with van der Waals surface area (Å²) in [5, 5.41) is 16.1. The van der Waals surface area contributed by atoms with Crippen LogP contribution in [0.1, 0.15) is 20.8 Å². The molecule has 1 aromatic rings. The van der Waals surface area contributed by atoms with Crippen LogP contribution in [-0.2, 0) is 0 Å². The van der Waals surface area contributed by atoms with E-state index in [1.54, 1.807) is 0 Å². The molecule has 0 saturated carbocycles. The Morgan fingerprint density at radius 2 is 1.95 bits per heavy atom. The molecule has 0 aliphatic carbocycles. The van der Waals surface area contributed by atoms with E-state index in [4.69, 9.17) is 4.74 Å². The number of nitrogens with zero attached hydrogens (tertiary/aromatic N) is 1. The van der Waals surface area contributed by atoms with Crippen molar-refractivity contribution in [1.29, 1.82) is 0 Å². The topological polar surface area (TPSA) is 65.9 Å². The minimum absolute atomic E-state index is 0. The van der Waals surface area contributed by atoms with Crippen LogP contribution in [0.5, 0.6) is 5.75 Å². The van der Waals surface area contributed by atoms with Crippen molar-refractivity contribution in [3.63, 3.8) is 0 Å². The molecular formula is C15H25FIN3O2. The lowest BCUT2D eigenvalue weighted by Crippen LogP contribution is -2.41. The van der Waals surface area contributed by atoms with Crippen LogP contribution >= 0.6 is 24.0 Å². The van der Waals surface area contributed by atoms with Gasteiger partial charge in [0, 0.05) is 12.6 Å². The highest BCUT2D eigenvalue weighted by atomic mass is 127. The average Bonchev–Trinajstić information content (AvgIpc) is 2.44. The van der Waals surface area contributed by atoms with Gasteiger partial charge in [-0.3, -0.25) is 4.99 Å². The van der Waals surface area contributed by atoms with E-state index >= 15 is 0 Å². The Balaban J connectivity index is 0.00000441. The third-order valence-electron chi connectivity index (χ3n) is 2.49. The van der Waals surface area contributed by atoms with Gasteiger partial charge in [-0.25, -0.2) is 4.39 Å². The highest BCUT2D eigenvalue weighted by Gasteiger charge is 2.06. The Bertz CT molecular complexity index is 441. The van der Waals surface area contributed by atoms with Gasteiger partial charge in [-0.15, -0.1) is 24.0 Å². The Hall–Kier alpha value is -1.09. The highest BCUT2D eigenvalue weighted by molar-refractivity contribution is 14.0. The number of halogens is 2. The van der Waals surface area contributed by atoms with Crippen LogP contribution in [0, 0.1) is 5.82 Å². The number of aliphatic hydroxyl groups excluding tert-OH is 1. The van der Waals surface area contributed by atoms with Crippen molar-refractivity contribution in [3.05, 3.63) is 30.1 Å². The largest absolute Gasteiger partial charge is 0.491 e. The van der Waals surface area contributed by atoms with E-state index in [0.717, 1.165) is 6.54 Å². The van der Waals surface area contributed by atoms with Gasteiger partial charge in [-0.2, -0.15) is 0 Å².